The highest BCUT2D eigenvalue weighted by Gasteiger charge is 2.50. The third-order valence-corrected chi connectivity index (χ3v) is 4.20. The molecule has 0 aromatic rings. The molecule has 0 unspecified atom stereocenters. The Morgan fingerprint density at radius 1 is 1.29 bits per heavy atom. The van der Waals surface area contributed by atoms with E-state index in [2.05, 4.69) is 4.99 Å². The van der Waals surface area contributed by atoms with Gasteiger partial charge < -0.3 is 35.7 Å². The van der Waals surface area contributed by atoms with E-state index in [1.165, 1.54) is 11.8 Å². The van der Waals surface area contributed by atoms with E-state index in [1.807, 2.05) is 0 Å². The molecule has 0 spiro atoms. The highest BCUT2D eigenvalue weighted by molar-refractivity contribution is 8.14. The summed E-state index contributed by atoms with van der Waals surface area (Å²) >= 11 is 1.22. The van der Waals surface area contributed by atoms with Crippen LogP contribution < -0.4 is 0 Å². The molecule has 5 atom stereocenters. The molecule has 0 aliphatic carbocycles. The minimum absolute atomic E-state index is 0.309. The van der Waals surface area contributed by atoms with E-state index in [0.29, 0.717) is 17.2 Å². The Morgan fingerprint density at radius 3 is 2.33 bits per heavy atom. The number of aliphatic hydroxyl groups is 6. The number of aliphatic hydroxyl groups excluding tert-OH is 5. The summed E-state index contributed by atoms with van der Waals surface area (Å²) in [6.45, 7) is -0.916. The monoisotopic (exact) mass is 325 g/mol. The van der Waals surface area contributed by atoms with E-state index in [0.717, 1.165) is 6.42 Å². The highest BCUT2D eigenvalue weighted by Crippen LogP contribution is 2.26. The van der Waals surface area contributed by atoms with E-state index in [9.17, 15) is 30.3 Å². The summed E-state index contributed by atoms with van der Waals surface area (Å²) in [5.74, 6) is -1.21. The number of carbonyl (C=O) groups is 1. The molecular formula is C11H19NO8S. The third-order valence-electron chi connectivity index (χ3n) is 3.08. The molecule has 21 heavy (non-hydrogen) atoms. The maximum absolute atomic E-state index is 11.2. The number of aliphatic imine (C=N–C) groups is 1. The van der Waals surface area contributed by atoms with Crippen molar-refractivity contribution in [3.8, 4) is 0 Å². The minimum Gasteiger partial charge on any atom is -0.478 e. The molecule has 0 radical (unpaired) electrons. The first kappa shape index (κ1) is 18.3. The van der Waals surface area contributed by atoms with Gasteiger partial charge in [0.1, 0.15) is 24.4 Å². The Morgan fingerprint density at radius 2 is 1.90 bits per heavy atom. The quantitative estimate of drug-likeness (QED) is 0.260. The Bertz CT molecular complexity index is 398. The molecule has 1 saturated heterocycles. The van der Waals surface area contributed by atoms with E-state index in [-0.39, 0.29) is 0 Å². The Hall–Kier alpha value is -0.750. The number of aliphatic carboxylic acids is 1. The normalized spacial score (nSPS) is 26.1. The molecule has 0 saturated carbocycles. The van der Waals surface area contributed by atoms with E-state index in [1.54, 1.807) is 0 Å². The number of hydrogen-bond acceptors (Lipinski definition) is 9. The molecular weight excluding hydrogens is 306 g/mol. The van der Waals surface area contributed by atoms with Crippen molar-refractivity contribution in [2.45, 2.75) is 43.0 Å². The molecule has 1 heterocycles. The minimum atomic E-state index is -3.05. The number of thioether (sulfide) groups is 1. The zero-order valence-corrected chi connectivity index (χ0v) is 11.8. The lowest BCUT2D eigenvalue weighted by molar-refractivity contribution is -0.194. The van der Waals surface area contributed by atoms with Crippen LogP contribution in [-0.2, 0) is 4.79 Å². The SMILES string of the molecule is O=C(O)[C@](O)(N=C1CCCS1)[C@H](O)[C@H](O)[C@@H](O)[C@H](O)CO. The van der Waals surface area contributed by atoms with Crippen molar-refractivity contribution >= 4 is 22.8 Å². The first-order valence-corrected chi connectivity index (χ1v) is 7.23. The summed E-state index contributed by atoms with van der Waals surface area (Å²) in [7, 11) is 0. The maximum Gasteiger partial charge on any atom is 0.362 e. The fourth-order valence-corrected chi connectivity index (χ4v) is 2.78. The first-order valence-electron chi connectivity index (χ1n) is 6.24. The Kier molecular flexibility index (Phi) is 6.53. The predicted molar refractivity (Wildman–Crippen MR) is 72.8 cm³/mol. The topological polar surface area (TPSA) is 171 Å². The van der Waals surface area contributed by atoms with Gasteiger partial charge >= 0.3 is 5.97 Å². The van der Waals surface area contributed by atoms with Crippen LogP contribution in [0.25, 0.3) is 0 Å². The first-order chi connectivity index (χ1) is 9.74. The summed E-state index contributed by atoms with van der Waals surface area (Å²) in [6.07, 6.45) is -7.29. The molecule has 9 nitrogen and oxygen atoms in total. The van der Waals surface area contributed by atoms with Gasteiger partial charge in [0.15, 0.2) is 0 Å². The summed E-state index contributed by atoms with van der Waals surface area (Å²) < 4.78 is 0. The van der Waals surface area contributed by atoms with Gasteiger partial charge in [-0.15, -0.1) is 11.8 Å². The van der Waals surface area contributed by atoms with Crippen LogP contribution >= 0.6 is 11.8 Å². The lowest BCUT2D eigenvalue weighted by atomic mass is 9.95. The Labute approximate surface area is 124 Å². The van der Waals surface area contributed by atoms with Crippen LogP contribution in [0.15, 0.2) is 4.99 Å². The van der Waals surface area contributed by atoms with Gasteiger partial charge in [0.25, 0.3) is 5.72 Å². The summed E-state index contributed by atoms with van der Waals surface area (Å²) in [6, 6.07) is 0. The highest BCUT2D eigenvalue weighted by atomic mass is 32.2. The van der Waals surface area contributed by atoms with Gasteiger partial charge in [-0.3, -0.25) is 0 Å². The lowest BCUT2D eigenvalue weighted by Crippen LogP contribution is -2.58. The molecule has 10 heteroatoms. The van der Waals surface area contributed by atoms with Gasteiger partial charge in [-0.05, 0) is 18.6 Å². The molecule has 0 bridgehead atoms. The zero-order chi connectivity index (χ0) is 16.2. The number of hydrogen-bond donors (Lipinski definition) is 7. The Balaban J connectivity index is 2.98. The maximum atomic E-state index is 11.2. The fraction of sp³-hybridized carbons (Fsp3) is 0.818. The van der Waals surface area contributed by atoms with Crippen LogP contribution in [0.3, 0.4) is 0 Å². The summed E-state index contributed by atoms with van der Waals surface area (Å²) in [5, 5.41) is 66.2. The average Bonchev–Trinajstić information content (AvgIpc) is 2.96. The number of carboxylic acids is 1. The van der Waals surface area contributed by atoms with Crippen molar-refractivity contribution < 1.29 is 40.5 Å². The van der Waals surface area contributed by atoms with Gasteiger partial charge in [-0.2, -0.15) is 0 Å². The molecule has 0 aromatic heterocycles. The van der Waals surface area contributed by atoms with E-state index in [4.69, 9.17) is 10.2 Å². The van der Waals surface area contributed by atoms with Crippen molar-refractivity contribution in [3.63, 3.8) is 0 Å². The van der Waals surface area contributed by atoms with Gasteiger partial charge in [-0.1, -0.05) is 0 Å². The molecule has 0 amide bonds. The zero-order valence-electron chi connectivity index (χ0n) is 11.0. The molecule has 122 valence electrons. The van der Waals surface area contributed by atoms with Crippen LogP contribution in [0.4, 0.5) is 0 Å². The average molecular weight is 325 g/mol. The van der Waals surface area contributed by atoms with Crippen molar-refractivity contribution in [1.29, 1.82) is 0 Å². The van der Waals surface area contributed by atoms with Crippen molar-refractivity contribution in [1.82, 2.24) is 0 Å². The predicted octanol–water partition coefficient (Wildman–Crippen LogP) is -2.88. The number of rotatable bonds is 7. The van der Waals surface area contributed by atoms with Gasteiger partial charge in [-0.25, -0.2) is 9.79 Å². The van der Waals surface area contributed by atoms with Crippen LogP contribution in [0.5, 0.6) is 0 Å². The molecule has 1 rings (SSSR count). The van der Waals surface area contributed by atoms with Gasteiger partial charge in [0, 0.05) is 0 Å². The second-order valence-corrected chi connectivity index (χ2v) is 5.83. The second-order valence-electron chi connectivity index (χ2n) is 4.66. The molecule has 1 aliphatic heterocycles. The third kappa shape index (κ3) is 4.13. The van der Waals surface area contributed by atoms with Crippen molar-refractivity contribution in [2.75, 3.05) is 12.4 Å². The number of nitrogens with zero attached hydrogens (tertiary/aromatic N) is 1. The largest absolute Gasteiger partial charge is 0.478 e. The lowest BCUT2D eigenvalue weighted by Gasteiger charge is -2.32. The van der Waals surface area contributed by atoms with Crippen LogP contribution in [0, 0.1) is 0 Å². The summed E-state index contributed by atoms with van der Waals surface area (Å²) in [5.41, 5.74) is -3.05. The summed E-state index contributed by atoms with van der Waals surface area (Å²) in [4.78, 5) is 14.8. The smallest absolute Gasteiger partial charge is 0.362 e. The second kappa shape index (κ2) is 7.49. The van der Waals surface area contributed by atoms with E-state index >= 15 is 0 Å². The fourth-order valence-electron chi connectivity index (χ4n) is 1.76. The van der Waals surface area contributed by atoms with Gasteiger partial charge in [0.2, 0.25) is 0 Å². The van der Waals surface area contributed by atoms with Crippen molar-refractivity contribution in [2.24, 2.45) is 4.99 Å². The molecule has 1 aliphatic rings. The van der Waals surface area contributed by atoms with Crippen LogP contribution in [-0.4, -0.2) is 89.3 Å². The number of carboxylic acid groups (broad SMARTS) is 1. The standard InChI is InChI=1S/C11H19NO8S/c13-4-5(14)7(15)8(16)9(17)11(20,10(18)19)12-6-2-1-3-21-6/h5,7-9,13-17,20H,1-4H2,(H,18,19)/t5-,7+,8-,9-,11+/m1/s1. The van der Waals surface area contributed by atoms with Crippen LogP contribution in [0.2, 0.25) is 0 Å². The van der Waals surface area contributed by atoms with Crippen molar-refractivity contribution in [3.05, 3.63) is 0 Å². The van der Waals surface area contributed by atoms with Gasteiger partial charge in [0.05, 0.1) is 11.7 Å². The molecule has 1 fully saturated rings. The molecule has 0 aromatic carbocycles. The van der Waals surface area contributed by atoms with Crippen LogP contribution in [0.1, 0.15) is 12.8 Å². The molecule has 7 N–H and O–H groups in total. The van der Waals surface area contributed by atoms with E-state index < -0.39 is 42.7 Å².